The van der Waals surface area contributed by atoms with Crippen LogP contribution in [-0.4, -0.2) is 15.7 Å². The van der Waals surface area contributed by atoms with Gasteiger partial charge in [0.25, 0.3) is 5.91 Å². The average Bonchev–Trinajstić information content (AvgIpc) is 3.13. The van der Waals surface area contributed by atoms with Crippen molar-refractivity contribution in [2.75, 3.05) is 5.32 Å². The van der Waals surface area contributed by atoms with Crippen LogP contribution in [0.25, 0.3) is 0 Å². The fraction of sp³-hybridized carbons (Fsp3) is 0.120. The van der Waals surface area contributed by atoms with E-state index < -0.39 is 11.6 Å². The largest absolute Gasteiger partial charge is 0.486 e. The summed E-state index contributed by atoms with van der Waals surface area (Å²) in [5, 5.41) is 7.93. The van der Waals surface area contributed by atoms with E-state index in [1.807, 2.05) is 31.2 Å². The topological polar surface area (TPSA) is 56.1 Å². The van der Waals surface area contributed by atoms with Gasteiger partial charge in [0.15, 0.2) is 17.4 Å². The van der Waals surface area contributed by atoms with Crippen LogP contribution in [-0.2, 0) is 13.2 Å². The lowest BCUT2D eigenvalue weighted by molar-refractivity contribution is 0.102. The van der Waals surface area contributed by atoms with Gasteiger partial charge in [-0.15, -0.1) is 0 Å². The van der Waals surface area contributed by atoms with E-state index in [1.165, 1.54) is 6.07 Å². The van der Waals surface area contributed by atoms with Gasteiger partial charge in [0.2, 0.25) is 0 Å². The molecule has 5 nitrogen and oxygen atoms in total. The fourth-order valence-corrected chi connectivity index (χ4v) is 3.36. The zero-order valence-corrected chi connectivity index (χ0v) is 18.4. The summed E-state index contributed by atoms with van der Waals surface area (Å²) in [6.07, 6.45) is 0. The van der Waals surface area contributed by atoms with E-state index in [0.717, 1.165) is 23.4 Å². The van der Waals surface area contributed by atoms with Crippen molar-refractivity contribution in [2.45, 2.75) is 20.1 Å². The van der Waals surface area contributed by atoms with Crippen LogP contribution < -0.4 is 10.1 Å². The monoisotopic (exact) mass is 467 g/mol. The number of hydrogen-bond acceptors (Lipinski definition) is 3. The summed E-state index contributed by atoms with van der Waals surface area (Å²) >= 11 is 5.93. The zero-order chi connectivity index (χ0) is 23.4. The molecule has 1 N–H and O–H groups in total. The van der Waals surface area contributed by atoms with Gasteiger partial charge < -0.3 is 10.1 Å². The van der Waals surface area contributed by atoms with E-state index in [4.69, 9.17) is 16.3 Å². The SMILES string of the molecule is Cc1cc(NC(=O)c2cccc(COc3ccc(F)cc3F)c2)nn1Cc1ccc(Cl)cc1. The number of aromatic nitrogens is 2. The molecular formula is C25H20ClF2N3O2. The van der Waals surface area contributed by atoms with Gasteiger partial charge in [0.05, 0.1) is 6.54 Å². The maximum absolute atomic E-state index is 13.7. The Morgan fingerprint density at radius 1 is 1.03 bits per heavy atom. The van der Waals surface area contributed by atoms with Gasteiger partial charge in [-0.2, -0.15) is 5.10 Å². The van der Waals surface area contributed by atoms with Crippen LogP contribution in [0, 0.1) is 18.6 Å². The standard InChI is InChI=1S/C25H20ClF2N3O2/c1-16-11-24(30-31(16)14-17-5-7-20(26)8-6-17)29-25(32)19-4-2-3-18(12-19)15-33-23-10-9-21(27)13-22(23)28/h2-13H,14-15H2,1H3,(H,29,30,32). The third kappa shape index (κ3) is 5.75. The van der Waals surface area contributed by atoms with Gasteiger partial charge in [-0.25, -0.2) is 8.78 Å². The van der Waals surface area contributed by atoms with Crippen molar-refractivity contribution >= 4 is 23.3 Å². The van der Waals surface area contributed by atoms with E-state index in [-0.39, 0.29) is 18.3 Å². The first-order valence-corrected chi connectivity index (χ1v) is 10.5. The lowest BCUT2D eigenvalue weighted by Crippen LogP contribution is -2.13. The molecule has 1 aromatic heterocycles. The Labute approximate surface area is 194 Å². The Morgan fingerprint density at radius 3 is 2.58 bits per heavy atom. The van der Waals surface area contributed by atoms with Gasteiger partial charge in [0.1, 0.15) is 12.4 Å². The number of aryl methyl sites for hydroxylation is 1. The number of nitrogens with one attached hydrogen (secondary N) is 1. The number of carbonyl (C=O) groups excluding carboxylic acids is 1. The van der Waals surface area contributed by atoms with Gasteiger partial charge in [-0.1, -0.05) is 35.9 Å². The first-order valence-electron chi connectivity index (χ1n) is 10.1. The molecule has 0 spiro atoms. The van der Waals surface area contributed by atoms with Crippen LogP contribution in [0.4, 0.5) is 14.6 Å². The molecule has 0 aliphatic rings. The maximum atomic E-state index is 13.7. The number of nitrogens with zero attached hydrogens (tertiary/aromatic N) is 2. The number of rotatable bonds is 7. The highest BCUT2D eigenvalue weighted by Gasteiger charge is 2.12. The molecule has 4 aromatic rings. The Morgan fingerprint density at radius 2 is 1.82 bits per heavy atom. The van der Waals surface area contributed by atoms with Gasteiger partial charge >= 0.3 is 0 Å². The summed E-state index contributed by atoms with van der Waals surface area (Å²) in [6.45, 7) is 2.48. The van der Waals surface area contributed by atoms with Crippen molar-refractivity contribution < 1.29 is 18.3 Å². The first kappa shape index (κ1) is 22.5. The third-order valence-corrected chi connectivity index (χ3v) is 5.20. The minimum Gasteiger partial charge on any atom is -0.486 e. The highest BCUT2D eigenvalue weighted by molar-refractivity contribution is 6.30. The molecule has 0 fully saturated rings. The molecule has 0 aliphatic heterocycles. The van der Waals surface area contributed by atoms with Crippen molar-refractivity contribution in [3.05, 3.63) is 112 Å². The molecule has 0 unspecified atom stereocenters. The first-order chi connectivity index (χ1) is 15.9. The van der Waals surface area contributed by atoms with E-state index in [9.17, 15) is 13.6 Å². The second kappa shape index (κ2) is 9.83. The Bertz CT molecular complexity index is 1290. The molecule has 168 valence electrons. The predicted octanol–water partition coefficient (Wildman–Crippen LogP) is 6.00. The zero-order valence-electron chi connectivity index (χ0n) is 17.7. The van der Waals surface area contributed by atoms with Gasteiger partial charge in [-0.3, -0.25) is 9.48 Å². The molecule has 0 saturated carbocycles. The summed E-state index contributed by atoms with van der Waals surface area (Å²) in [6, 6.07) is 19.1. The third-order valence-electron chi connectivity index (χ3n) is 4.95. The summed E-state index contributed by atoms with van der Waals surface area (Å²) in [4.78, 5) is 12.7. The number of halogens is 3. The molecule has 0 aliphatic carbocycles. The second-order valence-corrected chi connectivity index (χ2v) is 7.91. The molecular weight excluding hydrogens is 448 g/mol. The number of anilines is 1. The normalized spacial score (nSPS) is 10.8. The molecule has 4 rings (SSSR count). The molecule has 33 heavy (non-hydrogen) atoms. The number of hydrogen-bond donors (Lipinski definition) is 1. The minimum absolute atomic E-state index is 0.0263. The molecule has 8 heteroatoms. The van der Waals surface area contributed by atoms with Crippen LogP contribution in [0.1, 0.15) is 27.2 Å². The maximum Gasteiger partial charge on any atom is 0.256 e. The lowest BCUT2D eigenvalue weighted by atomic mass is 10.1. The summed E-state index contributed by atoms with van der Waals surface area (Å²) < 4.78 is 34.0. The smallest absolute Gasteiger partial charge is 0.256 e. The predicted molar refractivity (Wildman–Crippen MR) is 123 cm³/mol. The number of ether oxygens (including phenoxy) is 1. The van der Waals surface area contributed by atoms with Crippen molar-refractivity contribution in [3.63, 3.8) is 0 Å². The second-order valence-electron chi connectivity index (χ2n) is 7.47. The molecule has 1 amide bonds. The number of benzene rings is 3. The lowest BCUT2D eigenvalue weighted by Gasteiger charge is -2.09. The molecule has 0 radical (unpaired) electrons. The Kier molecular flexibility index (Phi) is 6.70. The average molecular weight is 468 g/mol. The van der Waals surface area contributed by atoms with Crippen LogP contribution in [0.5, 0.6) is 5.75 Å². The number of carbonyl (C=O) groups is 1. The van der Waals surface area contributed by atoms with E-state index in [0.29, 0.717) is 28.5 Å². The molecule has 0 saturated heterocycles. The quantitative estimate of drug-likeness (QED) is 0.362. The Balaban J connectivity index is 1.41. The molecule has 0 bridgehead atoms. The molecule has 3 aromatic carbocycles. The Hall–Kier alpha value is -3.71. The summed E-state index contributed by atoms with van der Waals surface area (Å²) in [5.74, 6) is -1.42. The van der Waals surface area contributed by atoms with Gasteiger partial charge in [-0.05, 0) is 54.4 Å². The van der Waals surface area contributed by atoms with E-state index in [1.54, 1.807) is 35.0 Å². The summed E-state index contributed by atoms with van der Waals surface area (Å²) in [5.41, 5.74) is 2.99. The van der Waals surface area contributed by atoms with Crippen LogP contribution in [0.3, 0.4) is 0 Å². The highest BCUT2D eigenvalue weighted by atomic mass is 35.5. The molecule has 0 atom stereocenters. The van der Waals surface area contributed by atoms with Crippen molar-refractivity contribution in [1.29, 1.82) is 0 Å². The highest BCUT2D eigenvalue weighted by Crippen LogP contribution is 2.20. The van der Waals surface area contributed by atoms with Crippen molar-refractivity contribution in [3.8, 4) is 5.75 Å². The molecule has 1 heterocycles. The van der Waals surface area contributed by atoms with Crippen LogP contribution in [0.15, 0.2) is 72.8 Å². The van der Waals surface area contributed by atoms with Crippen LogP contribution in [0.2, 0.25) is 5.02 Å². The van der Waals surface area contributed by atoms with Gasteiger partial charge in [0, 0.05) is 28.4 Å². The van der Waals surface area contributed by atoms with Crippen molar-refractivity contribution in [2.24, 2.45) is 0 Å². The number of amides is 1. The minimum atomic E-state index is -0.784. The summed E-state index contributed by atoms with van der Waals surface area (Å²) in [7, 11) is 0. The van der Waals surface area contributed by atoms with Crippen molar-refractivity contribution in [1.82, 2.24) is 9.78 Å². The van der Waals surface area contributed by atoms with E-state index >= 15 is 0 Å². The van der Waals surface area contributed by atoms with Crippen LogP contribution >= 0.6 is 11.6 Å². The fourth-order valence-electron chi connectivity index (χ4n) is 3.24. The van der Waals surface area contributed by atoms with E-state index in [2.05, 4.69) is 10.4 Å².